The molecule has 182 valence electrons. The Balaban J connectivity index is 1.58. The summed E-state index contributed by atoms with van der Waals surface area (Å²) in [7, 11) is 0. The summed E-state index contributed by atoms with van der Waals surface area (Å²) in [5.41, 5.74) is 2.55. The number of imidazole rings is 1. The highest BCUT2D eigenvalue weighted by molar-refractivity contribution is 7.19. The molecule has 4 heterocycles. The molecule has 1 N–H and O–H groups in total. The van der Waals surface area contributed by atoms with Crippen molar-refractivity contribution in [3.63, 3.8) is 0 Å². The number of aliphatic hydroxyl groups excluding tert-OH is 1. The fourth-order valence-corrected chi connectivity index (χ4v) is 5.89. The zero-order valence-corrected chi connectivity index (χ0v) is 21.1. The molecule has 1 aromatic carbocycles. The topological polar surface area (TPSA) is 91.3 Å². The third kappa shape index (κ3) is 3.75. The number of fused-ring (bicyclic) bond motifs is 3. The number of likely N-dealkylation sites (N-methyl/N-ethyl adjacent to an activating group) is 1. The number of amides is 1. The molecule has 0 radical (unpaired) electrons. The summed E-state index contributed by atoms with van der Waals surface area (Å²) in [6.45, 7) is 10.5. The molecular formula is C26H28N4O4S. The van der Waals surface area contributed by atoms with E-state index in [0.29, 0.717) is 34.4 Å². The SMILES string of the molecule is CCN(CC)CCN1C(=O)C(O)=C(C(=O)c2sc3nc4ccccc4n3c2C)C1c1ccc(C)o1. The fourth-order valence-electron chi connectivity index (χ4n) is 4.80. The van der Waals surface area contributed by atoms with Crippen molar-refractivity contribution >= 4 is 39.0 Å². The van der Waals surface area contributed by atoms with E-state index in [9.17, 15) is 14.7 Å². The predicted molar refractivity (Wildman–Crippen MR) is 135 cm³/mol. The molecule has 35 heavy (non-hydrogen) atoms. The highest BCUT2D eigenvalue weighted by atomic mass is 32.1. The smallest absolute Gasteiger partial charge is 0.290 e. The van der Waals surface area contributed by atoms with E-state index in [0.717, 1.165) is 29.8 Å². The molecule has 0 fully saturated rings. The summed E-state index contributed by atoms with van der Waals surface area (Å²) in [6, 6.07) is 10.5. The van der Waals surface area contributed by atoms with E-state index in [1.54, 1.807) is 17.0 Å². The Morgan fingerprint density at radius 2 is 1.91 bits per heavy atom. The maximum atomic E-state index is 13.9. The molecule has 0 aliphatic carbocycles. The van der Waals surface area contributed by atoms with Crippen LogP contribution in [-0.2, 0) is 4.79 Å². The normalized spacial score (nSPS) is 16.5. The van der Waals surface area contributed by atoms with E-state index >= 15 is 0 Å². The number of nitrogens with zero attached hydrogens (tertiary/aromatic N) is 4. The number of carbonyl (C=O) groups excluding carboxylic acids is 2. The second-order valence-electron chi connectivity index (χ2n) is 8.70. The van der Waals surface area contributed by atoms with Crippen LogP contribution in [0.2, 0.25) is 0 Å². The van der Waals surface area contributed by atoms with Gasteiger partial charge in [0.15, 0.2) is 10.7 Å². The van der Waals surface area contributed by atoms with Gasteiger partial charge in [-0.05, 0) is 51.2 Å². The lowest BCUT2D eigenvalue weighted by Gasteiger charge is -2.27. The minimum Gasteiger partial charge on any atom is -0.503 e. The molecule has 0 bridgehead atoms. The lowest BCUT2D eigenvalue weighted by molar-refractivity contribution is -0.129. The zero-order valence-electron chi connectivity index (χ0n) is 20.2. The monoisotopic (exact) mass is 492 g/mol. The van der Waals surface area contributed by atoms with Gasteiger partial charge in [-0.15, -0.1) is 0 Å². The van der Waals surface area contributed by atoms with Crippen LogP contribution in [0.1, 0.15) is 46.8 Å². The largest absolute Gasteiger partial charge is 0.503 e. The average molecular weight is 493 g/mol. The lowest BCUT2D eigenvalue weighted by Crippen LogP contribution is -2.38. The molecule has 0 spiro atoms. The number of rotatable bonds is 8. The van der Waals surface area contributed by atoms with Gasteiger partial charge in [-0.25, -0.2) is 4.98 Å². The molecule has 9 heteroatoms. The highest BCUT2D eigenvalue weighted by Crippen LogP contribution is 2.41. The number of thiazole rings is 1. The summed E-state index contributed by atoms with van der Waals surface area (Å²) in [4.78, 5) is 36.7. The molecule has 3 aromatic heterocycles. The van der Waals surface area contributed by atoms with Crippen molar-refractivity contribution in [2.24, 2.45) is 0 Å². The Morgan fingerprint density at radius 3 is 2.60 bits per heavy atom. The second-order valence-corrected chi connectivity index (χ2v) is 9.68. The number of ketones is 1. The van der Waals surface area contributed by atoms with Crippen molar-refractivity contribution in [2.45, 2.75) is 33.7 Å². The number of carbonyl (C=O) groups is 2. The zero-order chi connectivity index (χ0) is 24.9. The van der Waals surface area contributed by atoms with E-state index in [-0.39, 0.29) is 11.4 Å². The maximum absolute atomic E-state index is 13.9. The number of hydrogen-bond donors (Lipinski definition) is 1. The van der Waals surface area contributed by atoms with Crippen LogP contribution < -0.4 is 0 Å². The van der Waals surface area contributed by atoms with Crippen LogP contribution in [-0.4, -0.2) is 62.2 Å². The fraction of sp³-hybridized carbons (Fsp3) is 0.346. The Morgan fingerprint density at radius 1 is 1.17 bits per heavy atom. The van der Waals surface area contributed by atoms with Crippen LogP contribution in [0.5, 0.6) is 0 Å². The molecule has 1 atom stereocenters. The molecule has 8 nitrogen and oxygen atoms in total. The first-order valence-electron chi connectivity index (χ1n) is 11.8. The number of aliphatic hydroxyl groups is 1. The van der Waals surface area contributed by atoms with E-state index in [1.165, 1.54) is 11.3 Å². The summed E-state index contributed by atoms with van der Waals surface area (Å²) in [5.74, 6) is -0.302. The molecule has 1 aliphatic heterocycles. The van der Waals surface area contributed by atoms with Crippen molar-refractivity contribution in [3.8, 4) is 0 Å². The molecule has 0 saturated heterocycles. The minimum absolute atomic E-state index is 0.0563. The standard InChI is InChI=1S/C26H28N4O4S/c1-5-28(6-2)13-14-29-21(19-12-11-15(3)34-19)20(23(32)25(29)33)22(31)24-16(4)30-18-10-8-7-9-17(18)27-26(30)35-24/h7-12,21,32H,5-6,13-14H2,1-4H3. The maximum Gasteiger partial charge on any atom is 0.290 e. The van der Waals surface area contributed by atoms with Crippen molar-refractivity contribution in [1.82, 2.24) is 19.2 Å². The Hall–Kier alpha value is -3.43. The summed E-state index contributed by atoms with van der Waals surface area (Å²) >= 11 is 1.27. The molecule has 4 aromatic rings. The first-order chi connectivity index (χ1) is 16.8. The van der Waals surface area contributed by atoms with Gasteiger partial charge in [-0.2, -0.15) is 0 Å². The number of aromatic nitrogens is 2. The third-order valence-corrected chi connectivity index (χ3v) is 7.87. The van der Waals surface area contributed by atoms with Gasteiger partial charge < -0.3 is 19.3 Å². The van der Waals surface area contributed by atoms with Gasteiger partial charge in [-0.1, -0.05) is 37.3 Å². The van der Waals surface area contributed by atoms with E-state index in [2.05, 4.69) is 23.7 Å². The van der Waals surface area contributed by atoms with E-state index in [4.69, 9.17) is 4.42 Å². The van der Waals surface area contributed by atoms with Gasteiger partial charge in [-0.3, -0.25) is 14.0 Å². The van der Waals surface area contributed by atoms with Gasteiger partial charge in [0, 0.05) is 18.8 Å². The Bertz CT molecular complexity index is 1470. The van der Waals surface area contributed by atoms with Gasteiger partial charge >= 0.3 is 0 Å². The lowest BCUT2D eigenvalue weighted by atomic mass is 9.99. The van der Waals surface area contributed by atoms with E-state index in [1.807, 2.05) is 42.5 Å². The number of benzene rings is 1. The van der Waals surface area contributed by atoms with Crippen molar-refractivity contribution < 1.29 is 19.1 Å². The van der Waals surface area contributed by atoms with Crippen LogP contribution in [0.4, 0.5) is 0 Å². The molecule has 1 amide bonds. The van der Waals surface area contributed by atoms with Crippen LogP contribution in [0.25, 0.3) is 16.0 Å². The Labute approximate surface area is 207 Å². The molecule has 1 aliphatic rings. The molecular weight excluding hydrogens is 464 g/mol. The number of furan rings is 1. The van der Waals surface area contributed by atoms with Crippen LogP contribution >= 0.6 is 11.3 Å². The second kappa shape index (κ2) is 8.98. The number of hydrogen-bond acceptors (Lipinski definition) is 7. The number of Topliss-reactive ketones (excluding diaryl/α,β-unsaturated/α-hetero) is 1. The highest BCUT2D eigenvalue weighted by Gasteiger charge is 2.46. The molecule has 1 unspecified atom stereocenters. The summed E-state index contributed by atoms with van der Waals surface area (Å²) in [6.07, 6.45) is 0. The van der Waals surface area contributed by atoms with Crippen molar-refractivity contribution in [2.75, 3.05) is 26.2 Å². The van der Waals surface area contributed by atoms with Gasteiger partial charge in [0.05, 0.1) is 21.5 Å². The van der Waals surface area contributed by atoms with E-state index < -0.39 is 17.7 Å². The minimum atomic E-state index is -0.787. The molecule has 5 rings (SSSR count). The predicted octanol–water partition coefficient (Wildman–Crippen LogP) is 4.68. The first kappa shape index (κ1) is 23.3. The van der Waals surface area contributed by atoms with Crippen LogP contribution in [0.3, 0.4) is 0 Å². The third-order valence-electron chi connectivity index (χ3n) is 6.72. The molecule has 0 saturated carbocycles. The van der Waals surface area contributed by atoms with Gasteiger partial charge in [0.25, 0.3) is 5.91 Å². The van der Waals surface area contributed by atoms with Gasteiger partial charge in [0.1, 0.15) is 17.6 Å². The number of aryl methyl sites for hydroxylation is 2. The average Bonchev–Trinajstić information content (AvgIpc) is 3.58. The van der Waals surface area contributed by atoms with Crippen LogP contribution in [0.15, 0.2) is 52.1 Å². The first-order valence-corrected chi connectivity index (χ1v) is 12.6. The van der Waals surface area contributed by atoms with Crippen molar-refractivity contribution in [1.29, 1.82) is 0 Å². The quantitative estimate of drug-likeness (QED) is 0.359. The Kier molecular flexibility index (Phi) is 5.98. The van der Waals surface area contributed by atoms with Gasteiger partial charge in [0.2, 0.25) is 5.78 Å². The number of para-hydroxylation sites is 2. The summed E-state index contributed by atoms with van der Waals surface area (Å²) in [5, 5.41) is 11.0. The van der Waals surface area contributed by atoms with Crippen LogP contribution in [0, 0.1) is 13.8 Å². The summed E-state index contributed by atoms with van der Waals surface area (Å²) < 4.78 is 7.83. The van der Waals surface area contributed by atoms with Crippen molar-refractivity contribution in [3.05, 3.63) is 69.8 Å².